The second kappa shape index (κ2) is 5.56. The average Bonchev–Trinajstić information content (AvgIpc) is 3.19. The molecule has 3 saturated carbocycles. The first kappa shape index (κ1) is 16.8. The zero-order valence-corrected chi connectivity index (χ0v) is 16.2. The molecule has 26 heavy (non-hydrogen) atoms. The average molecular weight is 358 g/mol. The van der Waals surface area contributed by atoms with Crippen molar-refractivity contribution in [3.8, 4) is 0 Å². The Labute approximate surface area is 155 Å². The molecule has 5 rings (SSSR count). The van der Waals surface area contributed by atoms with Crippen LogP contribution in [0.25, 0.3) is 0 Å². The van der Waals surface area contributed by atoms with E-state index in [9.17, 15) is 4.79 Å². The summed E-state index contributed by atoms with van der Waals surface area (Å²) >= 11 is 0. The Morgan fingerprint density at radius 3 is 2.65 bits per heavy atom. The first-order chi connectivity index (χ1) is 12.4. The van der Waals surface area contributed by atoms with Crippen molar-refractivity contribution < 1.29 is 14.2 Å². The fraction of sp³-hybridized carbons (Fsp3) is 0.857. The molecule has 5 heteroatoms. The summed E-state index contributed by atoms with van der Waals surface area (Å²) in [5.41, 5.74) is 2.73. The first-order valence-electron chi connectivity index (χ1n) is 10.4. The minimum atomic E-state index is -0.118. The van der Waals surface area contributed by atoms with Gasteiger partial charge in [-0.1, -0.05) is 24.2 Å². The lowest BCUT2D eigenvalue weighted by atomic mass is 9.45. The minimum Gasteiger partial charge on any atom is -0.462 e. The third-order valence-corrected chi connectivity index (χ3v) is 8.91. The summed E-state index contributed by atoms with van der Waals surface area (Å²) in [5, 5.41) is 8.46. The van der Waals surface area contributed by atoms with Crippen LogP contribution in [0.2, 0.25) is 0 Å². The number of hydrogen-bond donors (Lipinski definition) is 0. The Bertz CT molecular complexity index is 731. The van der Waals surface area contributed by atoms with Gasteiger partial charge in [0, 0.05) is 18.3 Å². The molecule has 0 N–H and O–H groups in total. The van der Waals surface area contributed by atoms with Crippen LogP contribution in [0.15, 0.2) is 4.63 Å². The predicted octanol–water partition coefficient (Wildman–Crippen LogP) is 4.27. The maximum Gasteiger partial charge on any atom is 0.302 e. The molecule has 0 aromatic carbocycles. The number of carbonyl (C=O) groups is 1. The molecule has 0 bridgehead atoms. The molecular weight excluding hydrogens is 328 g/mol. The predicted molar refractivity (Wildman–Crippen MR) is 95.3 cm³/mol. The lowest BCUT2D eigenvalue weighted by Gasteiger charge is -2.59. The topological polar surface area (TPSA) is 65.2 Å². The van der Waals surface area contributed by atoms with Crippen molar-refractivity contribution in [1.29, 1.82) is 0 Å². The van der Waals surface area contributed by atoms with E-state index in [4.69, 9.17) is 9.37 Å². The van der Waals surface area contributed by atoms with Crippen molar-refractivity contribution in [3.63, 3.8) is 0 Å². The second-order valence-electron chi connectivity index (χ2n) is 9.83. The molecule has 0 saturated heterocycles. The summed E-state index contributed by atoms with van der Waals surface area (Å²) in [4.78, 5) is 11.6. The fourth-order valence-electron chi connectivity index (χ4n) is 7.65. The highest BCUT2D eigenvalue weighted by molar-refractivity contribution is 5.66. The van der Waals surface area contributed by atoms with Gasteiger partial charge in [0.05, 0.1) is 0 Å². The molecule has 142 valence electrons. The van der Waals surface area contributed by atoms with E-state index < -0.39 is 0 Å². The Hall–Kier alpha value is -1.39. The van der Waals surface area contributed by atoms with E-state index in [0.29, 0.717) is 17.3 Å². The van der Waals surface area contributed by atoms with Crippen LogP contribution in [-0.4, -0.2) is 22.4 Å². The molecule has 0 spiro atoms. The Kier molecular flexibility index (Phi) is 3.58. The Morgan fingerprint density at radius 2 is 1.85 bits per heavy atom. The van der Waals surface area contributed by atoms with E-state index in [1.54, 1.807) is 6.92 Å². The van der Waals surface area contributed by atoms with Gasteiger partial charge in [0.1, 0.15) is 17.5 Å². The molecule has 7 atom stereocenters. The number of ether oxygens (including phenoxy) is 1. The van der Waals surface area contributed by atoms with Gasteiger partial charge in [-0.25, -0.2) is 4.63 Å². The van der Waals surface area contributed by atoms with Crippen LogP contribution >= 0.6 is 0 Å². The van der Waals surface area contributed by atoms with Gasteiger partial charge in [-0.3, -0.25) is 4.79 Å². The molecule has 3 unspecified atom stereocenters. The molecule has 5 nitrogen and oxygen atoms in total. The number of hydrogen-bond acceptors (Lipinski definition) is 5. The molecule has 0 amide bonds. The van der Waals surface area contributed by atoms with Crippen LogP contribution in [0.1, 0.15) is 83.0 Å². The molecule has 0 aliphatic heterocycles. The highest BCUT2D eigenvalue weighted by Crippen LogP contribution is 2.67. The standard InChI is InChI=1S/C21H30N2O3/c1-12(24)25-18-7-6-14-13-4-5-16-19-17(22-26-23-19)9-11-20(16,2)15(13)8-10-21(14,18)3/h13-16,18H,4-11H2,1-3H3/t13-,14?,15?,16?,18-,20+,21-/m0/s1. The number of nitrogens with zero attached hydrogens (tertiary/aromatic N) is 2. The number of rotatable bonds is 1. The molecule has 1 aromatic heterocycles. The summed E-state index contributed by atoms with van der Waals surface area (Å²) in [5.74, 6) is 2.60. The molecule has 4 aliphatic carbocycles. The second-order valence-corrected chi connectivity index (χ2v) is 9.83. The van der Waals surface area contributed by atoms with E-state index in [0.717, 1.165) is 36.1 Å². The van der Waals surface area contributed by atoms with Crippen LogP contribution in [0, 0.1) is 28.6 Å². The molecule has 1 aromatic rings. The monoisotopic (exact) mass is 358 g/mol. The van der Waals surface area contributed by atoms with Crippen LogP contribution in [-0.2, 0) is 16.0 Å². The normalized spacial score (nSPS) is 46.7. The van der Waals surface area contributed by atoms with Crippen molar-refractivity contribution in [3.05, 3.63) is 11.4 Å². The number of esters is 1. The maximum atomic E-state index is 11.6. The van der Waals surface area contributed by atoms with Crippen LogP contribution in [0.3, 0.4) is 0 Å². The highest BCUT2D eigenvalue weighted by atomic mass is 16.6. The molecular formula is C21H30N2O3. The summed E-state index contributed by atoms with van der Waals surface area (Å²) in [6.07, 6.45) is 9.49. The van der Waals surface area contributed by atoms with Gasteiger partial charge in [0.2, 0.25) is 0 Å². The van der Waals surface area contributed by atoms with E-state index in [1.807, 2.05) is 0 Å². The Balaban J connectivity index is 1.45. The van der Waals surface area contributed by atoms with Crippen molar-refractivity contribution >= 4 is 5.97 Å². The maximum absolute atomic E-state index is 11.6. The van der Waals surface area contributed by atoms with Crippen molar-refractivity contribution in [2.24, 2.45) is 28.6 Å². The van der Waals surface area contributed by atoms with E-state index in [-0.39, 0.29) is 17.5 Å². The zero-order valence-electron chi connectivity index (χ0n) is 16.2. The highest BCUT2D eigenvalue weighted by Gasteiger charge is 2.61. The quantitative estimate of drug-likeness (QED) is 0.701. The summed E-state index contributed by atoms with van der Waals surface area (Å²) in [7, 11) is 0. The summed E-state index contributed by atoms with van der Waals surface area (Å²) in [6, 6.07) is 0. The fourth-order valence-corrected chi connectivity index (χ4v) is 7.65. The molecule has 1 heterocycles. The minimum absolute atomic E-state index is 0.118. The third-order valence-electron chi connectivity index (χ3n) is 8.91. The van der Waals surface area contributed by atoms with E-state index in [2.05, 4.69) is 24.2 Å². The molecule has 4 aliphatic rings. The van der Waals surface area contributed by atoms with Crippen LogP contribution < -0.4 is 0 Å². The summed E-state index contributed by atoms with van der Waals surface area (Å²) < 4.78 is 10.8. The van der Waals surface area contributed by atoms with Gasteiger partial charge >= 0.3 is 5.97 Å². The number of carbonyl (C=O) groups excluding carboxylic acids is 1. The number of aryl methyl sites for hydroxylation is 1. The number of fused-ring (bicyclic) bond motifs is 7. The lowest BCUT2D eigenvalue weighted by Crippen LogP contribution is -2.53. The lowest BCUT2D eigenvalue weighted by molar-refractivity contribution is -0.159. The van der Waals surface area contributed by atoms with Crippen LogP contribution in [0.4, 0.5) is 0 Å². The molecule has 0 radical (unpaired) electrons. The van der Waals surface area contributed by atoms with Gasteiger partial charge in [-0.05, 0) is 74.5 Å². The van der Waals surface area contributed by atoms with Crippen molar-refractivity contribution in [2.75, 3.05) is 0 Å². The number of aromatic nitrogens is 2. The van der Waals surface area contributed by atoms with Gasteiger partial charge in [0.25, 0.3) is 0 Å². The largest absolute Gasteiger partial charge is 0.462 e. The third kappa shape index (κ3) is 2.12. The van der Waals surface area contributed by atoms with E-state index >= 15 is 0 Å². The summed E-state index contributed by atoms with van der Waals surface area (Å²) in [6.45, 7) is 6.46. The zero-order chi connectivity index (χ0) is 18.1. The van der Waals surface area contributed by atoms with Gasteiger partial charge in [-0.15, -0.1) is 0 Å². The Morgan fingerprint density at radius 1 is 1.04 bits per heavy atom. The molecule has 3 fully saturated rings. The van der Waals surface area contributed by atoms with Gasteiger partial charge in [-0.2, -0.15) is 0 Å². The van der Waals surface area contributed by atoms with Crippen molar-refractivity contribution in [1.82, 2.24) is 10.3 Å². The smallest absolute Gasteiger partial charge is 0.302 e. The van der Waals surface area contributed by atoms with E-state index in [1.165, 1.54) is 38.5 Å². The van der Waals surface area contributed by atoms with Crippen molar-refractivity contribution in [2.45, 2.75) is 84.2 Å². The van der Waals surface area contributed by atoms with Gasteiger partial charge < -0.3 is 4.74 Å². The SMILES string of the molecule is CC(=O)O[C@H]1CCC2[C@@H]3CCC4c5nonc5CC[C@]4(C)C3CC[C@@]21C. The van der Waals surface area contributed by atoms with Gasteiger partial charge in [0.15, 0.2) is 0 Å². The van der Waals surface area contributed by atoms with Crippen LogP contribution in [0.5, 0.6) is 0 Å². The first-order valence-corrected chi connectivity index (χ1v) is 10.4.